The van der Waals surface area contributed by atoms with Crippen LogP contribution in [0.15, 0.2) is 54.6 Å². The molecule has 0 bridgehead atoms. The van der Waals surface area contributed by atoms with Gasteiger partial charge in [0.05, 0.1) is 0 Å². The van der Waals surface area contributed by atoms with E-state index in [-0.39, 0.29) is 18.4 Å². The number of hydrogen-bond donors (Lipinski definition) is 1. The van der Waals surface area contributed by atoms with Crippen LogP contribution < -0.4 is 14.8 Å². The van der Waals surface area contributed by atoms with Crippen molar-refractivity contribution < 1.29 is 19.1 Å². The predicted molar refractivity (Wildman–Crippen MR) is 106 cm³/mol. The van der Waals surface area contributed by atoms with Gasteiger partial charge in [-0.15, -0.1) is 0 Å². The molecule has 1 saturated heterocycles. The molecule has 1 heterocycles. The summed E-state index contributed by atoms with van der Waals surface area (Å²) >= 11 is 0. The van der Waals surface area contributed by atoms with Gasteiger partial charge in [0.1, 0.15) is 18.1 Å². The summed E-state index contributed by atoms with van der Waals surface area (Å²) in [7, 11) is 0. The second kappa shape index (κ2) is 10.3. The average molecular weight is 382 g/mol. The normalized spacial score (nSPS) is 13.2. The summed E-state index contributed by atoms with van der Waals surface area (Å²) in [6.45, 7) is 2.42. The zero-order valence-corrected chi connectivity index (χ0v) is 15.9. The van der Waals surface area contributed by atoms with Gasteiger partial charge in [0.15, 0.2) is 6.61 Å². The molecule has 0 aliphatic carbocycles. The Morgan fingerprint density at radius 3 is 2.21 bits per heavy atom. The monoisotopic (exact) mass is 382 g/mol. The van der Waals surface area contributed by atoms with E-state index < -0.39 is 0 Å². The highest BCUT2D eigenvalue weighted by Gasteiger charge is 2.17. The Labute approximate surface area is 165 Å². The van der Waals surface area contributed by atoms with E-state index in [2.05, 4.69) is 5.32 Å². The van der Waals surface area contributed by atoms with Gasteiger partial charge in [-0.25, -0.2) is 0 Å². The van der Waals surface area contributed by atoms with Gasteiger partial charge >= 0.3 is 0 Å². The fourth-order valence-corrected chi connectivity index (χ4v) is 3.01. The first-order valence-electron chi connectivity index (χ1n) is 9.65. The lowest BCUT2D eigenvalue weighted by Gasteiger charge is -2.15. The topological polar surface area (TPSA) is 67.9 Å². The summed E-state index contributed by atoms with van der Waals surface area (Å²) in [5.74, 6) is 1.19. The molecular weight excluding hydrogens is 356 g/mol. The summed E-state index contributed by atoms with van der Waals surface area (Å²) in [6.07, 6.45) is 2.48. The molecule has 2 aromatic rings. The van der Waals surface area contributed by atoms with E-state index in [4.69, 9.17) is 9.47 Å². The number of carbonyl (C=O) groups excluding carboxylic acids is 2. The first-order valence-corrected chi connectivity index (χ1v) is 9.65. The van der Waals surface area contributed by atoms with E-state index in [1.165, 1.54) is 0 Å². The lowest BCUT2D eigenvalue weighted by molar-refractivity contribution is -0.130. The fraction of sp³-hybridized carbons (Fsp3) is 0.364. The molecule has 1 aliphatic heterocycles. The molecule has 3 rings (SSSR count). The van der Waals surface area contributed by atoms with Gasteiger partial charge in [-0.05, 0) is 42.7 Å². The number of likely N-dealkylation sites (tertiary alicyclic amines) is 1. The Morgan fingerprint density at radius 1 is 0.893 bits per heavy atom. The van der Waals surface area contributed by atoms with Gasteiger partial charge < -0.3 is 19.7 Å². The van der Waals surface area contributed by atoms with Crippen molar-refractivity contribution in [1.29, 1.82) is 0 Å². The van der Waals surface area contributed by atoms with Gasteiger partial charge in [0.25, 0.3) is 5.91 Å². The summed E-state index contributed by atoms with van der Waals surface area (Å²) in [5.41, 5.74) is 1.10. The van der Waals surface area contributed by atoms with Crippen LogP contribution in [0.3, 0.4) is 0 Å². The molecule has 1 N–H and O–H groups in total. The quantitative estimate of drug-likeness (QED) is 0.724. The highest BCUT2D eigenvalue weighted by atomic mass is 16.5. The molecule has 0 spiro atoms. The molecule has 148 valence electrons. The lowest BCUT2D eigenvalue weighted by atomic mass is 10.2. The van der Waals surface area contributed by atoms with Crippen molar-refractivity contribution in [3.05, 3.63) is 60.2 Å². The molecule has 2 amide bonds. The van der Waals surface area contributed by atoms with Gasteiger partial charge in [-0.3, -0.25) is 9.59 Å². The number of ether oxygens (including phenoxy) is 2. The van der Waals surface area contributed by atoms with Crippen molar-refractivity contribution in [1.82, 2.24) is 10.2 Å². The third kappa shape index (κ3) is 6.30. The van der Waals surface area contributed by atoms with Crippen LogP contribution in [0.5, 0.6) is 11.5 Å². The van der Waals surface area contributed by atoms with E-state index in [1.807, 2.05) is 47.4 Å². The molecule has 0 saturated carbocycles. The molecule has 0 unspecified atom stereocenters. The molecule has 28 heavy (non-hydrogen) atoms. The first-order chi connectivity index (χ1) is 13.7. The van der Waals surface area contributed by atoms with Crippen molar-refractivity contribution in [2.24, 2.45) is 0 Å². The molecule has 0 atom stereocenters. The summed E-state index contributed by atoms with van der Waals surface area (Å²) in [4.78, 5) is 25.6. The predicted octanol–water partition coefficient (Wildman–Crippen LogP) is 2.77. The highest BCUT2D eigenvalue weighted by molar-refractivity contribution is 5.80. The zero-order valence-electron chi connectivity index (χ0n) is 15.9. The van der Waals surface area contributed by atoms with E-state index in [0.717, 1.165) is 37.2 Å². The van der Waals surface area contributed by atoms with Crippen LogP contribution in [-0.4, -0.2) is 43.0 Å². The van der Waals surface area contributed by atoms with Crippen molar-refractivity contribution in [3.8, 4) is 11.5 Å². The van der Waals surface area contributed by atoms with Crippen LogP contribution in [0.25, 0.3) is 0 Å². The molecular formula is C22H26N2O4. The number of hydrogen-bond acceptors (Lipinski definition) is 4. The largest absolute Gasteiger partial charge is 0.489 e. The van der Waals surface area contributed by atoms with E-state index in [9.17, 15) is 9.59 Å². The first kappa shape index (κ1) is 19.7. The van der Waals surface area contributed by atoms with Crippen molar-refractivity contribution in [3.63, 3.8) is 0 Å². The minimum atomic E-state index is -0.237. The van der Waals surface area contributed by atoms with Gasteiger partial charge in [0.2, 0.25) is 5.91 Å². The molecule has 6 nitrogen and oxygen atoms in total. The number of amides is 2. The zero-order chi connectivity index (χ0) is 19.6. The Hall–Kier alpha value is -3.02. The highest BCUT2D eigenvalue weighted by Crippen LogP contribution is 2.18. The van der Waals surface area contributed by atoms with Gasteiger partial charge in [-0.1, -0.05) is 30.3 Å². The summed E-state index contributed by atoms with van der Waals surface area (Å²) < 4.78 is 11.2. The Morgan fingerprint density at radius 2 is 1.54 bits per heavy atom. The molecule has 1 fully saturated rings. The fourth-order valence-electron chi connectivity index (χ4n) is 3.01. The van der Waals surface area contributed by atoms with Crippen molar-refractivity contribution in [2.75, 3.05) is 26.2 Å². The van der Waals surface area contributed by atoms with Crippen LogP contribution in [0.2, 0.25) is 0 Å². The minimum Gasteiger partial charge on any atom is -0.489 e. The van der Waals surface area contributed by atoms with Gasteiger partial charge in [0, 0.05) is 26.1 Å². The van der Waals surface area contributed by atoms with Crippen LogP contribution in [0.4, 0.5) is 0 Å². The standard InChI is InChI=1S/C22H26N2O4/c25-21(23-13-12-22(26)24-14-4-5-15-24)17-28-20-10-8-19(9-11-20)27-16-18-6-2-1-3-7-18/h1-3,6-11H,4-5,12-17H2,(H,23,25). The van der Waals surface area contributed by atoms with E-state index in [1.54, 1.807) is 12.1 Å². The molecule has 6 heteroatoms. The van der Waals surface area contributed by atoms with Crippen LogP contribution in [0.1, 0.15) is 24.8 Å². The molecule has 0 aromatic heterocycles. The average Bonchev–Trinajstić information content (AvgIpc) is 3.27. The maximum atomic E-state index is 11.9. The second-order valence-corrected chi connectivity index (χ2v) is 6.72. The number of nitrogens with zero attached hydrogens (tertiary/aromatic N) is 1. The van der Waals surface area contributed by atoms with Crippen LogP contribution in [-0.2, 0) is 16.2 Å². The molecule has 0 radical (unpaired) electrons. The summed E-state index contributed by atoms with van der Waals surface area (Å²) in [5, 5.41) is 2.72. The number of nitrogens with one attached hydrogen (secondary N) is 1. The van der Waals surface area contributed by atoms with Crippen LogP contribution in [0, 0.1) is 0 Å². The number of carbonyl (C=O) groups is 2. The maximum Gasteiger partial charge on any atom is 0.257 e. The number of benzene rings is 2. The number of rotatable bonds is 9. The lowest BCUT2D eigenvalue weighted by Crippen LogP contribution is -2.34. The third-order valence-electron chi connectivity index (χ3n) is 4.56. The third-order valence-corrected chi connectivity index (χ3v) is 4.56. The summed E-state index contributed by atoms with van der Waals surface area (Å²) in [6, 6.07) is 17.1. The Balaban J connectivity index is 1.32. The maximum absolute atomic E-state index is 11.9. The Bertz CT molecular complexity index is 756. The minimum absolute atomic E-state index is 0.0812. The van der Waals surface area contributed by atoms with Gasteiger partial charge in [-0.2, -0.15) is 0 Å². The van der Waals surface area contributed by atoms with Crippen molar-refractivity contribution in [2.45, 2.75) is 25.9 Å². The molecule has 2 aromatic carbocycles. The smallest absolute Gasteiger partial charge is 0.257 e. The van der Waals surface area contributed by atoms with E-state index in [0.29, 0.717) is 25.3 Å². The van der Waals surface area contributed by atoms with Crippen LogP contribution >= 0.6 is 0 Å². The van der Waals surface area contributed by atoms with Crippen molar-refractivity contribution >= 4 is 11.8 Å². The second-order valence-electron chi connectivity index (χ2n) is 6.72. The van der Waals surface area contributed by atoms with E-state index >= 15 is 0 Å². The molecule has 1 aliphatic rings. The SMILES string of the molecule is O=C(COc1ccc(OCc2ccccc2)cc1)NCCC(=O)N1CCCC1. The Kier molecular flexibility index (Phi) is 7.29.